The summed E-state index contributed by atoms with van der Waals surface area (Å²) in [6.07, 6.45) is 0. The second-order valence-corrected chi connectivity index (χ2v) is 3.35. The van der Waals surface area contributed by atoms with Crippen LogP contribution >= 0.6 is 0 Å². The lowest BCUT2D eigenvalue weighted by atomic mass is 10.3. The smallest absolute Gasteiger partial charge is 0.162 e. The summed E-state index contributed by atoms with van der Waals surface area (Å²) in [5.41, 5.74) is 3.19. The van der Waals surface area contributed by atoms with Crippen LogP contribution in [0.3, 0.4) is 0 Å². The molecule has 0 atom stereocenters. The van der Waals surface area contributed by atoms with E-state index in [0.29, 0.717) is 5.75 Å². The molecule has 2 aromatic rings. The molecule has 0 heterocycles. The van der Waals surface area contributed by atoms with Crippen LogP contribution in [-0.4, -0.2) is 0 Å². The Labute approximate surface area is 96.8 Å². The second-order valence-electron chi connectivity index (χ2n) is 3.35. The zero-order valence-corrected chi connectivity index (χ0v) is 8.78. The molecule has 17 heavy (non-hydrogen) atoms. The first-order valence-electron chi connectivity index (χ1n) is 4.88. The van der Waals surface area contributed by atoms with Gasteiger partial charge in [-0.3, -0.25) is 5.84 Å². The summed E-state index contributed by atoms with van der Waals surface area (Å²) in [5.74, 6) is 4.11. The van der Waals surface area contributed by atoms with Gasteiger partial charge in [-0.05, 0) is 36.4 Å². The number of anilines is 1. The van der Waals surface area contributed by atoms with Gasteiger partial charge < -0.3 is 10.2 Å². The van der Waals surface area contributed by atoms with E-state index < -0.39 is 11.6 Å². The molecule has 2 aromatic carbocycles. The van der Waals surface area contributed by atoms with Crippen molar-refractivity contribution in [2.24, 2.45) is 5.84 Å². The van der Waals surface area contributed by atoms with Crippen molar-refractivity contribution >= 4 is 5.69 Å². The first-order chi connectivity index (χ1) is 8.19. The topological polar surface area (TPSA) is 47.3 Å². The van der Waals surface area contributed by atoms with E-state index in [1.165, 1.54) is 6.07 Å². The number of hydrogen-bond donors (Lipinski definition) is 2. The number of ether oxygens (including phenoxy) is 1. The molecule has 5 heteroatoms. The minimum atomic E-state index is -0.942. The van der Waals surface area contributed by atoms with Gasteiger partial charge in [-0.1, -0.05) is 0 Å². The van der Waals surface area contributed by atoms with Gasteiger partial charge in [-0.2, -0.15) is 0 Å². The van der Waals surface area contributed by atoms with E-state index in [-0.39, 0.29) is 5.75 Å². The van der Waals surface area contributed by atoms with E-state index in [4.69, 9.17) is 10.6 Å². The van der Waals surface area contributed by atoms with Crippen LogP contribution in [0.5, 0.6) is 11.5 Å². The van der Waals surface area contributed by atoms with Gasteiger partial charge in [0, 0.05) is 11.8 Å². The number of nitrogens with two attached hydrogens (primary N) is 1. The fourth-order valence-corrected chi connectivity index (χ4v) is 1.30. The first-order valence-corrected chi connectivity index (χ1v) is 4.88. The fourth-order valence-electron chi connectivity index (χ4n) is 1.30. The summed E-state index contributed by atoms with van der Waals surface area (Å²) in [6, 6.07) is 10.1. The molecule has 3 nitrogen and oxygen atoms in total. The molecule has 0 aromatic heterocycles. The largest absolute Gasteiger partial charge is 0.457 e. The lowest BCUT2D eigenvalue weighted by molar-refractivity contribution is 0.461. The second kappa shape index (κ2) is 4.80. The number of benzene rings is 2. The molecule has 2 rings (SSSR count). The van der Waals surface area contributed by atoms with Crippen molar-refractivity contribution in [2.45, 2.75) is 0 Å². The molecule has 0 saturated carbocycles. The van der Waals surface area contributed by atoms with Crippen molar-refractivity contribution in [1.29, 1.82) is 0 Å². The Morgan fingerprint density at radius 2 is 1.53 bits per heavy atom. The predicted molar refractivity (Wildman–Crippen MR) is 60.7 cm³/mol. The Hall–Kier alpha value is -2.14. The van der Waals surface area contributed by atoms with Crippen LogP contribution in [0.1, 0.15) is 0 Å². The molecule has 0 fully saturated rings. The molecule has 0 spiro atoms. The molecule has 0 saturated heterocycles. The molecular weight excluding hydrogens is 226 g/mol. The van der Waals surface area contributed by atoms with Gasteiger partial charge in [0.2, 0.25) is 0 Å². The van der Waals surface area contributed by atoms with Gasteiger partial charge in [0.15, 0.2) is 11.6 Å². The monoisotopic (exact) mass is 236 g/mol. The fraction of sp³-hybridized carbons (Fsp3) is 0. The molecule has 0 bridgehead atoms. The van der Waals surface area contributed by atoms with Crippen molar-refractivity contribution < 1.29 is 13.5 Å². The highest BCUT2D eigenvalue weighted by atomic mass is 19.2. The zero-order valence-electron chi connectivity index (χ0n) is 8.78. The van der Waals surface area contributed by atoms with E-state index in [9.17, 15) is 8.78 Å². The lowest BCUT2D eigenvalue weighted by Gasteiger charge is -2.06. The van der Waals surface area contributed by atoms with Crippen molar-refractivity contribution in [3.05, 3.63) is 54.1 Å². The van der Waals surface area contributed by atoms with Gasteiger partial charge in [-0.15, -0.1) is 0 Å². The number of nitrogens with one attached hydrogen (secondary N) is 1. The summed E-state index contributed by atoms with van der Waals surface area (Å²) in [6.45, 7) is 0. The zero-order chi connectivity index (χ0) is 12.3. The van der Waals surface area contributed by atoms with E-state index >= 15 is 0 Å². The molecule has 88 valence electrons. The van der Waals surface area contributed by atoms with E-state index in [1.54, 1.807) is 24.3 Å². The molecule has 3 N–H and O–H groups in total. The van der Waals surface area contributed by atoms with Crippen LogP contribution in [-0.2, 0) is 0 Å². The average molecular weight is 236 g/mol. The SMILES string of the molecule is NNc1ccc(Oc2ccc(F)c(F)c2)cc1. The van der Waals surface area contributed by atoms with Crippen molar-refractivity contribution in [3.8, 4) is 11.5 Å². The van der Waals surface area contributed by atoms with Crippen molar-refractivity contribution in [1.82, 2.24) is 0 Å². The number of nitrogen functional groups attached to an aromatic ring is 1. The van der Waals surface area contributed by atoms with E-state index in [0.717, 1.165) is 17.8 Å². The third-order valence-electron chi connectivity index (χ3n) is 2.15. The average Bonchev–Trinajstić information content (AvgIpc) is 2.35. The van der Waals surface area contributed by atoms with Gasteiger partial charge in [0.25, 0.3) is 0 Å². The minimum absolute atomic E-state index is 0.234. The number of halogens is 2. The minimum Gasteiger partial charge on any atom is -0.457 e. The molecule has 0 aliphatic heterocycles. The molecule has 0 aliphatic carbocycles. The summed E-state index contributed by atoms with van der Waals surface area (Å²) >= 11 is 0. The maximum Gasteiger partial charge on any atom is 0.162 e. The van der Waals surface area contributed by atoms with Gasteiger partial charge >= 0.3 is 0 Å². The first kappa shape index (κ1) is 11.3. The lowest BCUT2D eigenvalue weighted by Crippen LogP contribution is -2.05. The van der Waals surface area contributed by atoms with E-state index in [2.05, 4.69) is 5.43 Å². The highest BCUT2D eigenvalue weighted by Gasteiger charge is 2.04. The highest BCUT2D eigenvalue weighted by Crippen LogP contribution is 2.24. The number of rotatable bonds is 3. The third-order valence-corrected chi connectivity index (χ3v) is 2.15. The number of hydrazine groups is 1. The molecule has 0 aliphatic rings. The van der Waals surface area contributed by atoms with Gasteiger partial charge in [-0.25, -0.2) is 8.78 Å². The summed E-state index contributed by atoms with van der Waals surface area (Å²) in [4.78, 5) is 0. The van der Waals surface area contributed by atoms with Crippen LogP contribution in [0.25, 0.3) is 0 Å². The van der Waals surface area contributed by atoms with Crippen molar-refractivity contribution in [2.75, 3.05) is 5.43 Å². The van der Waals surface area contributed by atoms with Crippen molar-refractivity contribution in [3.63, 3.8) is 0 Å². The van der Waals surface area contributed by atoms with Crippen LogP contribution < -0.4 is 16.0 Å². The Balaban J connectivity index is 2.16. The van der Waals surface area contributed by atoms with Crippen LogP contribution in [0, 0.1) is 11.6 Å². The molecule has 0 unspecified atom stereocenters. The Morgan fingerprint density at radius 3 is 2.12 bits per heavy atom. The maximum atomic E-state index is 12.9. The maximum absolute atomic E-state index is 12.9. The molecule has 0 radical (unpaired) electrons. The van der Waals surface area contributed by atoms with E-state index in [1.807, 2.05) is 0 Å². The molecule has 0 amide bonds. The highest BCUT2D eigenvalue weighted by molar-refractivity contribution is 5.46. The summed E-state index contributed by atoms with van der Waals surface area (Å²) in [5, 5.41) is 0. The Kier molecular flexibility index (Phi) is 3.20. The Bertz CT molecular complexity index is 514. The van der Waals surface area contributed by atoms with Crippen LogP contribution in [0.4, 0.5) is 14.5 Å². The van der Waals surface area contributed by atoms with Crippen LogP contribution in [0.2, 0.25) is 0 Å². The Morgan fingerprint density at radius 1 is 0.882 bits per heavy atom. The van der Waals surface area contributed by atoms with Gasteiger partial charge in [0.1, 0.15) is 11.5 Å². The number of hydrogen-bond acceptors (Lipinski definition) is 3. The normalized spacial score (nSPS) is 10.1. The summed E-state index contributed by atoms with van der Waals surface area (Å²) in [7, 11) is 0. The van der Waals surface area contributed by atoms with Gasteiger partial charge in [0.05, 0.1) is 0 Å². The standard InChI is InChI=1S/C12H10F2N2O/c13-11-6-5-10(7-12(11)14)17-9-3-1-8(16-15)2-4-9/h1-7,16H,15H2. The molecular formula is C12H10F2N2O. The third kappa shape index (κ3) is 2.70. The summed E-state index contributed by atoms with van der Waals surface area (Å²) < 4.78 is 30.9. The predicted octanol–water partition coefficient (Wildman–Crippen LogP) is 3.04. The quantitative estimate of drug-likeness (QED) is 0.636. The van der Waals surface area contributed by atoms with Crippen LogP contribution in [0.15, 0.2) is 42.5 Å².